The van der Waals surface area contributed by atoms with E-state index >= 15 is 0 Å². The van der Waals surface area contributed by atoms with E-state index in [-0.39, 0.29) is 35.8 Å². The number of halogens is 1. The number of hydrogen-bond acceptors (Lipinski definition) is 7. The summed E-state index contributed by atoms with van der Waals surface area (Å²) in [4.78, 5) is 14.9. The smallest absolute Gasteiger partial charge is 0.311 e. The minimum Gasteiger partial charge on any atom is -0.487 e. The van der Waals surface area contributed by atoms with Gasteiger partial charge in [-0.2, -0.15) is 4.98 Å². The van der Waals surface area contributed by atoms with Gasteiger partial charge < -0.3 is 14.6 Å². The topological polar surface area (TPSA) is 103 Å². The van der Waals surface area contributed by atoms with Gasteiger partial charge in [-0.15, -0.1) is 12.4 Å². The standard InChI is InChI=1S/C14H18N4O4.ClH/c1-4-21-12-6-5-10(8-11(12)18(19)20)14-16-13(17-22-14)7-9(2)15-3;/h5-6,8-9,15H,4,7H2,1-3H3;1H. The maximum Gasteiger partial charge on any atom is 0.311 e. The third-order valence-corrected chi connectivity index (χ3v) is 3.15. The molecule has 0 saturated carbocycles. The lowest BCUT2D eigenvalue weighted by Crippen LogP contribution is -2.24. The predicted octanol–water partition coefficient (Wildman–Crippen LogP) is 2.62. The molecule has 23 heavy (non-hydrogen) atoms. The fourth-order valence-corrected chi connectivity index (χ4v) is 1.90. The van der Waals surface area contributed by atoms with E-state index in [4.69, 9.17) is 9.26 Å². The molecule has 1 aromatic carbocycles. The maximum absolute atomic E-state index is 11.1. The lowest BCUT2D eigenvalue weighted by atomic mass is 10.2. The molecule has 126 valence electrons. The zero-order valence-corrected chi connectivity index (χ0v) is 13.9. The fourth-order valence-electron chi connectivity index (χ4n) is 1.90. The number of nitrogens with zero attached hydrogens (tertiary/aromatic N) is 3. The van der Waals surface area contributed by atoms with Crippen molar-refractivity contribution in [2.75, 3.05) is 13.7 Å². The van der Waals surface area contributed by atoms with Crippen molar-refractivity contribution in [3.8, 4) is 17.2 Å². The van der Waals surface area contributed by atoms with Gasteiger partial charge in [0.1, 0.15) is 0 Å². The van der Waals surface area contributed by atoms with E-state index in [9.17, 15) is 10.1 Å². The number of nitrogens with one attached hydrogen (secondary N) is 1. The van der Waals surface area contributed by atoms with E-state index in [1.165, 1.54) is 12.1 Å². The molecule has 0 aliphatic carbocycles. The molecule has 0 bridgehead atoms. The van der Waals surface area contributed by atoms with Crippen molar-refractivity contribution in [1.29, 1.82) is 0 Å². The average Bonchev–Trinajstić information content (AvgIpc) is 2.96. The van der Waals surface area contributed by atoms with E-state index in [1.54, 1.807) is 13.0 Å². The minimum absolute atomic E-state index is 0. The molecule has 0 spiro atoms. The highest BCUT2D eigenvalue weighted by Crippen LogP contribution is 2.31. The highest BCUT2D eigenvalue weighted by Gasteiger charge is 2.19. The van der Waals surface area contributed by atoms with Gasteiger partial charge in [-0.25, -0.2) is 0 Å². The second kappa shape index (κ2) is 8.44. The first-order valence-corrected chi connectivity index (χ1v) is 6.96. The van der Waals surface area contributed by atoms with Crippen LogP contribution in [0.15, 0.2) is 22.7 Å². The van der Waals surface area contributed by atoms with Crippen LogP contribution in [0.2, 0.25) is 0 Å². The predicted molar refractivity (Wildman–Crippen MR) is 87.0 cm³/mol. The Morgan fingerprint density at radius 3 is 2.83 bits per heavy atom. The lowest BCUT2D eigenvalue weighted by Gasteiger charge is -2.05. The monoisotopic (exact) mass is 342 g/mol. The molecule has 1 aromatic heterocycles. The highest BCUT2D eigenvalue weighted by atomic mass is 35.5. The van der Waals surface area contributed by atoms with E-state index in [0.717, 1.165) is 0 Å². The van der Waals surface area contributed by atoms with E-state index in [0.29, 0.717) is 24.4 Å². The second-order valence-electron chi connectivity index (χ2n) is 4.78. The van der Waals surface area contributed by atoms with Crippen LogP contribution in [0.4, 0.5) is 5.69 Å². The summed E-state index contributed by atoms with van der Waals surface area (Å²) in [6.45, 7) is 4.12. The number of nitro benzene ring substituents is 1. The summed E-state index contributed by atoms with van der Waals surface area (Å²) in [6, 6.07) is 4.79. The molecular formula is C14H19ClN4O4. The Morgan fingerprint density at radius 2 is 2.22 bits per heavy atom. The molecule has 1 heterocycles. The Kier molecular flexibility index (Phi) is 6.92. The number of ether oxygens (including phenoxy) is 1. The molecule has 1 N–H and O–H groups in total. The van der Waals surface area contributed by atoms with Crippen LogP contribution in [0, 0.1) is 10.1 Å². The quantitative estimate of drug-likeness (QED) is 0.609. The van der Waals surface area contributed by atoms with Crippen LogP contribution in [-0.4, -0.2) is 34.8 Å². The van der Waals surface area contributed by atoms with Crippen LogP contribution in [0.3, 0.4) is 0 Å². The molecule has 0 saturated heterocycles. The molecule has 9 heteroatoms. The Morgan fingerprint density at radius 1 is 1.48 bits per heavy atom. The Hall–Kier alpha value is -2.19. The summed E-state index contributed by atoms with van der Waals surface area (Å²) in [6.07, 6.45) is 0.610. The van der Waals surface area contributed by atoms with Crippen molar-refractivity contribution >= 4 is 18.1 Å². The average molecular weight is 343 g/mol. The largest absolute Gasteiger partial charge is 0.487 e. The molecule has 0 fully saturated rings. The van der Waals surface area contributed by atoms with Gasteiger partial charge in [-0.3, -0.25) is 10.1 Å². The SMILES string of the molecule is CCOc1ccc(-c2nc(CC(C)NC)no2)cc1[N+](=O)[O-].Cl. The molecule has 1 unspecified atom stereocenters. The molecule has 0 radical (unpaired) electrons. The van der Waals surface area contributed by atoms with Crippen molar-refractivity contribution < 1.29 is 14.2 Å². The van der Waals surface area contributed by atoms with Crippen LogP contribution in [0.1, 0.15) is 19.7 Å². The molecular weight excluding hydrogens is 324 g/mol. The van der Waals surface area contributed by atoms with Gasteiger partial charge in [-0.05, 0) is 33.0 Å². The van der Waals surface area contributed by atoms with Gasteiger partial charge in [0, 0.05) is 24.1 Å². The number of hydrogen-bond donors (Lipinski definition) is 1. The zero-order chi connectivity index (χ0) is 16.1. The maximum atomic E-state index is 11.1. The van der Waals surface area contributed by atoms with Gasteiger partial charge in [0.25, 0.3) is 5.89 Å². The van der Waals surface area contributed by atoms with E-state index < -0.39 is 4.92 Å². The van der Waals surface area contributed by atoms with Crippen LogP contribution < -0.4 is 10.1 Å². The van der Waals surface area contributed by atoms with Crippen LogP contribution in [0.5, 0.6) is 5.75 Å². The normalized spacial score (nSPS) is 11.6. The highest BCUT2D eigenvalue weighted by molar-refractivity contribution is 5.85. The molecule has 0 aliphatic heterocycles. The Balaban J connectivity index is 0.00000264. The van der Waals surface area contributed by atoms with Crippen LogP contribution in [0.25, 0.3) is 11.5 Å². The van der Waals surface area contributed by atoms with Gasteiger partial charge in [-0.1, -0.05) is 5.16 Å². The molecule has 0 aliphatic rings. The third-order valence-electron chi connectivity index (χ3n) is 3.15. The zero-order valence-electron chi connectivity index (χ0n) is 13.1. The lowest BCUT2D eigenvalue weighted by molar-refractivity contribution is -0.385. The molecule has 1 atom stereocenters. The number of aromatic nitrogens is 2. The minimum atomic E-state index is -0.491. The van der Waals surface area contributed by atoms with Gasteiger partial charge in [0.05, 0.1) is 11.5 Å². The number of benzene rings is 1. The van der Waals surface area contributed by atoms with Gasteiger partial charge in [0.15, 0.2) is 11.6 Å². The molecule has 2 rings (SSSR count). The first-order chi connectivity index (χ1) is 10.5. The van der Waals surface area contributed by atoms with Crippen molar-refractivity contribution in [2.24, 2.45) is 0 Å². The Bertz CT molecular complexity index is 662. The summed E-state index contributed by atoms with van der Waals surface area (Å²) in [5.41, 5.74) is 0.369. The van der Waals surface area contributed by atoms with Gasteiger partial charge in [0.2, 0.25) is 0 Å². The fraction of sp³-hybridized carbons (Fsp3) is 0.429. The van der Waals surface area contributed by atoms with Crippen LogP contribution >= 0.6 is 12.4 Å². The van der Waals surface area contributed by atoms with E-state index in [1.807, 2.05) is 14.0 Å². The van der Waals surface area contributed by atoms with Crippen molar-refractivity contribution in [2.45, 2.75) is 26.3 Å². The number of rotatable bonds is 7. The second-order valence-corrected chi connectivity index (χ2v) is 4.78. The summed E-state index contributed by atoms with van der Waals surface area (Å²) in [5.74, 6) is 1.03. The van der Waals surface area contributed by atoms with Crippen molar-refractivity contribution in [1.82, 2.24) is 15.5 Å². The summed E-state index contributed by atoms with van der Waals surface area (Å²) in [5, 5.41) is 18.1. The molecule has 0 amide bonds. The summed E-state index contributed by atoms with van der Waals surface area (Å²) < 4.78 is 10.4. The van der Waals surface area contributed by atoms with Crippen molar-refractivity contribution in [3.63, 3.8) is 0 Å². The first-order valence-electron chi connectivity index (χ1n) is 6.96. The molecule has 2 aromatic rings. The van der Waals surface area contributed by atoms with Crippen LogP contribution in [-0.2, 0) is 6.42 Å². The van der Waals surface area contributed by atoms with E-state index in [2.05, 4.69) is 15.5 Å². The summed E-state index contributed by atoms with van der Waals surface area (Å²) >= 11 is 0. The first kappa shape index (κ1) is 18.9. The summed E-state index contributed by atoms with van der Waals surface area (Å²) in [7, 11) is 1.85. The van der Waals surface area contributed by atoms with Crippen molar-refractivity contribution in [3.05, 3.63) is 34.1 Å². The number of likely N-dealkylation sites (N-methyl/N-ethyl adjacent to an activating group) is 1. The Labute approximate surface area is 139 Å². The van der Waals surface area contributed by atoms with Gasteiger partial charge >= 0.3 is 5.69 Å². The third kappa shape index (κ3) is 4.64. The molecule has 8 nitrogen and oxygen atoms in total. The number of nitro groups is 1.